The first-order valence-corrected chi connectivity index (χ1v) is 10.9. The van der Waals surface area contributed by atoms with E-state index in [1.807, 2.05) is 12.1 Å². The molecule has 31 heavy (non-hydrogen) atoms. The Morgan fingerprint density at radius 1 is 1.06 bits per heavy atom. The fourth-order valence-electron chi connectivity index (χ4n) is 4.39. The van der Waals surface area contributed by atoms with Crippen molar-refractivity contribution < 1.29 is 19.0 Å². The number of carbonyl (C=O) groups excluding carboxylic acids is 1. The van der Waals surface area contributed by atoms with Crippen LogP contribution >= 0.6 is 0 Å². The summed E-state index contributed by atoms with van der Waals surface area (Å²) in [6, 6.07) is 11.4. The lowest BCUT2D eigenvalue weighted by Gasteiger charge is -2.43. The first-order valence-electron chi connectivity index (χ1n) is 10.9. The number of amides is 1. The van der Waals surface area contributed by atoms with Gasteiger partial charge in [0, 0.05) is 12.1 Å². The van der Waals surface area contributed by atoms with Crippen LogP contribution in [0.5, 0.6) is 17.2 Å². The molecule has 0 bridgehead atoms. The molecule has 1 aliphatic rings. The molecular formula is C25H34N2O4. The lowest BCUT2D eigenvalue weighted by Crippen LogP contribution is -2.51. The van der Waals surface area contributed by atoms with Crippen LogP contribution in [0.4, 0.5) is 0 Å². The van der Waals surface area contributed by atoms with Crippen molar-refractivity contribution in [3.63, 3.8) is 0 Å². The van der Waals surface area contributed by atoms with Crippen LogP contribution in [-0.4, -0.2) is 51.3 Å². The normalized spacial score (nSPS) is 17.1. The third kappa shape index (κ3) is 4.79. The number of likely N-dealkylation sites (N-methyl/N-ethyl adjacent to an activating group) is 1. The Morgan fingerprint density at radius 2 is 1.71 bits per heavy atom. The highest BCUT2D eigenvalue weighted by Crippen LogP contribution is 2.40. The number of fused-ring (bicyclic) bond motifs is 1. The molecule has 6 nitrogen and oxygen atoms in total. The van der Waals surface area contributed by atoms with Gasteiger partial charge in [0.2, 0.25) is 0 Å². The topological polar surface area (TPSA) is 60.0 Å². The SMILES string of the molecule is CCN1CCc2cc(OC)c(OC)cc2[C@H]1[C@H](NC(=O)c1ccc(OC)cc1)C(C)C. The molecule has 1 N–H and O–H groups in total. The van der Waals surface area contributed by atoms with Crippen LogP contribution in [0, 0.1) is 5.92 Å². The summed E-state index contributed by atoms with van der Waals surface area (Å²) in [5.74, 6) is 2.35. The maximum Gasteiger partial charge on any atom is 0.251 e. The van der Waals surface area contributed by atoms with Gasteiger partial charge in [-0.05, 0) is 66.4 Å². The van der Waals surface area contributed by atoms with Gasteiger partial charge in [-0.1, -0.05) is 20.8 Å². The van der Waals surface area contributed by atoms with Crippen molar-refractivity contribution in [1.82, 2.24) is 10.2 Å². The molecule has 6 heteroatoms. The number of methoxy groups -OCH3 is 3. The molecule has 2 atom stereocenters. The first-order chi connectivity index (χ1) is 14.9. The van der Waals surface area contributed by atoms with E-state index >= 15 is 0 Å². The number of nitrogens with zero attached hydrogens (tertiary/aromatic N) is 1. The van der Waals surface area contributed by atoms with E-state index in [1.165, 1.54) is 11.1 Å². The summed E-state index contributed by atoms with van der Waals surface area (Å²) in [4.78, 5) is 15.6. The average molecular weight is 427 g/mol. The van der Waals surface area contributed by atoms with E-state index < -0.39 is 0 Å². The summed E-state index contributed by atoms with van der Waals surface area (Å²) in [5, 5.41) is 3.32. The molecule has 1 amide bonds. The van der Waals surface area contributed by atoms with Crippen LogP contribution in [0.2, 0.25) is 0 Å². The monoisotopic (exact) mass is 426 g/mol. The zero-order valence-electron chi connectivity index (χ0n) is 19.4. The highest BCUT2D eigenvalue weighted by molar-refractivity contribution is 5.94. The molecule has 0 unspecified atom stereocenters. The van der Waals surface area contributed by atoms with Gasteiger partial charge in [-0.15, -0.1) is 0 Å². The van der Waals surface area contributed by atoms with Crippen molar-refractivity contribution in [3.05, 3.63) is 53.1 Å². The zero-order chi connectivity index (χ0) is 22.5. The predicted molar refractivity (Wildman–Crippen MR) is 122 cm³/mol. The third-order valence-corrected chi connectivity index (χ3v) is 6.14. The predicted octanol–water partition coefficient (Wildman–Crippen LogP) is 4.09. The Hall–Kier alpha value is -2.73. The van der Waals surface area contributed by atoms with Gasteiger partial charge in [-0.25, -0.2) is 0 Å². The van der Waals surface area contributed by atoms with Gasteiger partial charge in [0.05, 0.1) is 33.4 Å². The van der Waals surface area contributed by atoms with Crippen molar-refractivity contribution in [3.8, 4) is 17.2 Å². The van der Waals surface area contributed by atoms with E-state index in [1.54, 1.807) is 33.5 Å². The van der Waals surface area contributed by atoms with E-state index in [9.17, 15) is 4.79 Å². The largest absolute Gasteiger partial charge is 0.497 e. The van der Waals surface area contributed by atoms with Gasteiger partial charge in [0.15, 0.2) is 11.5 Å². The fourth-order valence-corrected chi connectivity index (χ4v) is 4.39. The smallest absolute Gasteiger partial charge is 0.251 e. The summed E-state index contributed by atoms with van der Waals surface area (Å²) in [6.45, 7) is 8.32. The highest BCUT2D eigenvalue weighted by Gasteiger charge is 2.36. The summed E-state index contributed by atoms with van der Waals surface area (Å²) in [6.07, 6.45) is 0.942. The number of ether oxygens (including phenoxy) is 3. The molecule has 0 saturated heterocycles. The van der Waals surface area contributed by atoms with Gasteiger partial charge < -0.3 is 19.5 Å². The second-order valence-corrected chi connectivity index (χ2v) is 8.20. The molecule has 0 aliphatic carbocycles. The van der Waals surface area contributed by atoms with Gasteiger partial charge in [0.25, 0.3) is 5.91 Å². The maximum atomic E-state index is 13.1. The van der Waals surface area contributed by atoms with Crippen molar-refractivity contribution in [2.75, 3.05) is 34.4 Å². The fraction of sp³-hybridized carbons (Fsp3) is 0.480. The summed E-state index contributed by atoms with van der Waals surface area (Å²) < 4.78 is 16.3. The molecule has 1 aliphatic heterocycles. The molecule has 0 aromatic heterocycles. The van der Waals surface area contributed by atoms with E-state index in [4.69, 9.17) is 14.2 Å². The average Bonchev–Trinajstić information content (AvgIpc) is 2.80. The zero-order valence-corrected chi connectivity index (χ0v) is 19.4. The number of hydrogen-bond donors (Lipinski definition) is 1. The molecule has 1 heterocycles. The number of rotatable bonds is 8. The Balaban J connectivity index is 1.97. The van der Waals surface area contributed by atoms with Gasteiger partial charge >= 0.3 is 0 Å². The molecule has 0 fully saturated rings. The summed E-state index contributed by atoms with van der Waals surface area (Å²) in [7, 11) is 4.94. The number of nitrogens with one attached hydrogen (secondary N) is 1. The van der Waals surface area contributed by atoms with Crippen LogP contribution in [0.15, 0.2) is 36.4 Å². The van der Waals surface area contributed by atoms with Crippen LogP contribution in [-0.2, 0) is 6.42 Å². The van der Waals surface area contributed by atoms with Crippen LogP contribution < -0.4 is 19.5 Å². The van der Waals surface area contributed by atoms with Crippen LogP contribution in [0.25, 0.3) is 0 Å². The molecule has 168 valence electrons. The van der Waals surface area contributed by atoms with Crippen LogP contribution in [0.1, 0.15) is 48.3 Å². The minimum Gasteiger partial charge on any atom is -0.497 e. The molecule has 2 aromatic carbocycles. The lowest BCUT2D eigenvalue weighted by molar-refractivity contribution is 0.0834. The molecule has 2 aromatic rings. The van der Waals surface area contributed by atoms with Gasteiger partial charge in [-0.2, -0.15) is 0 Å². The van der Waals surface area contributed by atoms with Gasteiger partial charge in [0.1, 0.15) is 5.75 Å². The third-order valence-electron chi connectivity index (χ3n) is 6.14. The van der Waals surface area contributed by atoms with E-state index in [0.29, 0.717) is 11.3 Å². The minimum absolute atomic E-state index is 0.0516. The number of benzene rings is 2. The Labute approximate surface area is 185 Å². The van der Waals surface area contributed by atoms with E-state index in [2.05, 4.69) is 43.1 Å². The van der Waals surface area contributed by atoms with E-state index in [-0.39, 0.29) is 23.9 Å². The van der Waals surface area contributed by atoms with Crippen molar-refractivity contribution in [2.45, 2.75) is 39.3 Å². The van der Waals surface area contributed by atoms with Crippen LogP contribution in [0.3, 0.4) is 0 Å². The minimum atomic E-state index is -0.0787. The van der Waals surface area contributed by atoms with E-state index in [0.717, 1.165) is 31.0 Å². The number of hydrogen-bond acceptors (Lipinski definition) is 5. The van der Waals surface area contributed by atoms with Crippen molar-refractivity contribution in [2.24, 2.45) is 5.92 Å². The van der Waals surface area contributed by atoms with Crippen molar-refractivity contribution >= 4 is 5.91 Å². The lowest BCUT2D eigenvalue weighted by atomic mass is 9.83. The Morgan fingerprint density at radius 3 is 2.26 bits per heavy atom. The van der Waals surface area contributed by atoms with Gasteiger partial charge in [-0.3, -0.25) is 9.69 Å². The molecule has 0 saturated carbocycles. The summed E-state index contributed by atoms with van der Waals surface area (Å²) in [5.41, 5.74) is 3.06. The first kappa shape index (κ1) is 22.9. The molecular weight excluding hydrogens is 392 g/mol. The molecule has 0 spiro atoms. The second-order valence-electron chi connectivity index (χ2n) is 8.20. The Bertz CT molecular complexity index is 895. The standard InChI is InChI=1S/C25H34N2O4/c1-7-27-13-12-18-14-21(30-5)22(31-6)15-20(18)24(27)23(16(2)3)26-25(28)17-8-10-19(29-4)11-9-17/h8-11,14-16,23-24H,7,12-13H2,1-6H3,(H,26,28)/t23-,24+/m1/s1. The second kappa shape index (κ2) is 10.1. The molecule has 3 rings (SSSR count). The van der Waals surface area contributed by atoms with Crippen molar-refractivity contribution in [1.29, 1.82) is 0 Å². The quantitative estimate of drug-likeness (QED) is 0.689. The number of carbonyl (C=O) groups is 1. The Kier molecular flexibility index (Phi) is 7.44. The summed E-state index contributed by atoms with van der Waals surface area (Å²) >= 11 is 0. The maximum absolute atomic E-state index is 13.1. The highest BCUT2D eigenvalue weighted by atomic mass is 16.5. The molecule has 0 radical (unpaired) electrons.